The first-order valence-electron chi connectivity index (χ1n) is 21.4. The lowest BCUT2D eigenvalue weighted by molar-refractivity contribution is 0.521. The van der Waals surface area contributed by atoms with Gasteiger partial charge in [-0.15, -0.1) is 22.7 Å². The lowest BCUT2D eigenvalue weighted by Gasteiger charge is -2.09. The minimum atomic E-state index is 1.05. The zero-order valence-electron chi connectivity index (χ0n) is 34.0. The van der Waals surface area contributed by atoms with Crippen molar-refractivity contribution in [3.8, 4) is 30.2 Å². The third-order valence-electron chi connectivity index (χ3n) is 11.4. The Morgan fingerprint density at radius 3 is 1.53 bits per heavy atom. The summed E-state index contributed by atoms with van der Waals surface area (Å²) in [4.78, 5) is 17.4. The van der Waals surface area contributed by atoms with E-state index in [1.807, 2.05) is 22.7 Å². The molecule has 292 valence electrons. The van der Waals surface area contributed by atoms with Gasteiger partial charge in [0.05, 0.1) is 9.75 Å². The van der Waals surface area contributed by atoms with Gasteiger partial charge in [-0.25, -0.2) is 9.97 Å². The lowest BCUT2D eigenvalue weighted by atomic mass is 10.0. The predicted octanol–water partition coefficient (Wildman–Crippen LogP) is 17.3. The van der Waals surface area contributed by atoms with Gasteiger partial charge in [-0.1, -0.05) is 163 Å². The maximum atomic E-state index is 5.12. The Morgan fingerprint density at radius 1 is 0.491 bits per heavy atom. The van der Waals surface area contributed by atoms with Crippen molar-refractivity contribution in [2.75, 3.05) is 0 Å². The van der Waals surface area contributed by atoms with E-state index < -0.39 is 0 Å². The minimum absolute atomic E-state index is 1.05. The van der Waals surface area contributed by atoms with Crippen molar-refractivity contribution < 1.29 is 0 Å². The second-order valence-electron chi connectivity index (χ2n) is 16.1. The van der Waals surface area contributed by atoms with Crippen LogP contribution in [0.3, 0.4) is 0 Å². The van der Waals surface area contributed by atoms with Crippen molar-refractivity contribution in [2.45, 2.75) is 157 Å². The highest BCUT2D eigenvalue weighted by Gasteiger charge is 2.19. The molecule has 0 spiro atoms. The number of hydrogen-bond acceptors (Lipinski definition) is 6. The number of fused-ring (bicyclic) bond motifs is 4. The molecule has 5 aromatic heterocycles. The van der Waals surface area contributed by atoms with Crippen LogP contribution in [-0.2, 0) is 6.54 Å². The molecular weight excluding hydrogens is 747 g/mol. The summed E-state index contributed by atoms with van der Waals surface area (Å²) in [5.41, 5.74) is 7.98. The summed E-state index contributed by atoms with van der Waals surface area (Å²) in [7, 11) is 0. The molecule has 55 heavy (non-hydrogen) atoms. The summed E-state index contributed by atoms with van der Waals surface area (Å²) in [5.74, 6) is 0. The van der Waals surface area contributed by atoms with Crippen molar-refractivity contribution in [3.63, 3.8) is 0 Å². The SMILES string of the molecule is CCCCCCCCCCCCCCCCCCCCn1c2cc(C)ccc2c2ccc(-c3cc(C)c(-c4nc5sc(-c6sc(C)cc6C)nc5s4)s3)cc21. The summed E-state index contributed by atoms with van der Waals surface area (Å²) < 4.78 is 2.62. The number of rotatable bonds is 22. The van der Waals surface area contributed by atoms with Crippen LogP contribution < -0.4 is 0 Å². The first kappa shape index (κ1) is 40.4. The molecule has 0 atom stereocenters. The van der Waals surface area contributed by atoms with Crippen LogP contribution in [0.5, 0.6) is 0 Å². The van der Waals surface area contributed by atoms with E-state index in [9.17, 15) is 0 Å². The molecule has 0 aliphatic carbocycles. The van der Waals surface area contributed by atoms with Crippen molar-refractivity contribution >= 4 is 76.8 Å². The van der Waals surface area contributed by atoms with Crippen LogP contribution in [0.15, 0.2) is 48.5 Å². The molecule has 0 saturated heterocycles. The Bertz CT molecular complexity index is 2260. The molecule has 3 nitrogen and oxygen atoms in total. The summed E-state index contributed by atoms with van der Waals surface area (Å²) in [6, 6.07) is 18.8. The minimum Gasteiger partial charge on any atom is -0.340 e. The maximum Gasteiger partial charge on any atom is 0.155 e. The summed E-state index contributed by atoms with van der Waals surface area (Å²) in [6.45, 7) is 12.2. The third kappa shape index (κ3) is 10.0. The van der Waals surface area contributed by atoms with Crippen molar-refractivity contribution in [1.29, 1.82) is 0 Å². The monoisotopic (exact) mass is 807 g/mol. The van der Waals surface area contributed by atoms with Gasteiger partial charge in [-0.2, -0.15) is 0 Å². The molecule has 0 radical (unpaired) electrons. The van der Waals surface area contributed by atoms with Gasteiger partial charge in [-0.3, -0.25) is 0 Å². The largest absolute Gasteiger partial charge is 0.340 e. The van der Waals surface area contributed by atoms with Crippen LogP contribution in [0.1, 0.15) is 144 Å². The van der Waals surface area contributed by atoms with Gasteiger partial charge in [0.2, 0.25) is 0 Å². The number of aryl methyl sites for hydroxylation is 5. The quantitative estimate of drug-likeness (QED) is 0.0639. The average Bonchev–Trinajstić information content (AvgIpc) is 3.98. The van der Waals surface area contributed by atoms with Crippen LogP contribution in [0.25, 0.3) is 61.7 Å². The molecule has 0 fully saturated rings. The molecule has 0 saturated carbocycles. The molecule has 0 aliphatic rings. The molecular formula is C48H61N3S4. The van der Waals surface area contributed by atoms with Gasteiger partial charge in [0.15, 0.2) is 9.66 Å². The van der Waals surface area contributed by atoms with E-state index in [0.717, 1.165) is 26.2 Å². The molecule has 7 aromatic rings. The van der Waals surface area contributed by atoms with Gasteiger partial charge in [0.1, 0.15) is 10.0 Å². The normalized spacial score (nSPS) is 12.0. The summed E-state index contributed by atoms with van der Waals surface area (Å²) >= 11 is 7.17. The van der Waals surface area contributed by atoms with Crippen LogP contribution in [-0.4, -0.2) is 14.5 Å². The highest BCUT2D eigenvalue weighted by molar-refractivity contribution is 7.32. The first-order valence-corrected chi connectivity index (χ1v) is 24.6. The van der Waals surface area contributed by atoms with Gasteiger partial charge >= 0.3 is 0 Å². The van der Waals surface area contributed by atoms with Crippen molar-refractivity contribution in [1.82, 2.24) is 14.5 Å². The number of nitrogens with zero attached hydrogens (tertiary/aromatic N) is 3. The molecule has 0 bridgehead atoms. The summed E-state index contributed by atoms with van der Waals surface area (Å²) in [6.07, 6.45) is 25.4. The number of unbranched alkanes of at least 4 members (excludes halogenated alkanes) is 17. The zero-order valence-corrected chi connectivity index (χ0v) is 37.3. The Morgan fingerprint density at radius 2 is 0.982 bits per heavy atom. The standard InChI is InChI=1S/C48H61N3S4/c1-6-7-8-9-10-11-12-13-14-15-16-17-18-19-20-21-22-23-28-51-40-29-33(2)24-26-38(40)39-27-25-37(32-41(39)51)42-31-35(4)44(53-42)46-50-48-47(55-46)49-45(54-48)43-34(3)30-36(5)52-43/h24-27,29-32H,6-23,28H2,1-5H3. The molecule has 0 unspecified atom stereocenters. The Kier molecular flexibility index (Phi) is 14.3. The van der Waals surface area contributed by atoms with E-state index in [4.69, 9.17) is 9.97 Å². The lowest BCUT2D eigenvalue weighted by Crippen LogP contribution is -1.98. The van der Waals surface area contributed by atoms with Crippen LogP contribution in [0.4, 0.5) is 0 Å². The Hall–Kier alpha value is -2.84. The molecule has 5 heterocycles. The topological polar surface area (TPSA) is 30.7 Å². The third-order valence-corrected chi connectivity index (χ3v) is 16.1. The smallest absolute Gasteiger partial charge is 0.155 e. The molecule has 2 aromatic carbocycles. The number of hydrogen-bond donors (Lipinski definition) is 0. The Labute approximate surface area is 346 Å². The van der Waals surface area contributed by atoms with Gasteiger partial charge in [0, 0.05) is 38.1 Å². The number of thiophene rings is 2. The fraction of sp³-hybridized carbons (Fsp3) is 0.500. The van der Waals surface area contributed by atoms with E-state index in [1.165, 1.54) is 179 Å². The molecule has 7 heteroatoms. The number of benzene rings is 2. The second-order valence-corrected chi connectivity index (χ2v) is 20.3. The van der Waals surface area contributed by atoms with Crippen LogP contribution >= 0.6 is 45.3 Å². The van der Waals surface area contributed by atoms with Crippen LogP contribution in [0, 0.1) is 27.7 Å². The number of thiazole rings is 2. The molecule has 7 rings (SSSR count). The van der Waals surface area contributed by atoms with E-state index in [1.54, 1.807) is 22.7 Å². The zero-order chi connectivity index (χ0) is 38.1. The van der Waals surface area contributed by atoms with Crippen molar-refractivity contribution in [2.24, 2.45) is 0 Å². The van der Waals surface area contributed by atoms with Gasteiger partial charge in [-0.05, 0) is 80.6 Å². The first-order chi connectivity index (χ1) is 26.9. The van der Waals surface area contributed by atoms with Crippen LogP contribution in [0.2, 0.25) is 0 Å². The van der Waals surface area contributed by atoms with E-state index in [2.05, 4.69) is 87.7 Å². The molecule has 0 aliphatic heterocycles. The molecule has 0 amide bonds. The van der Waals surface area contributed by atoms with E-state index >= 15 is 0 Å². The fourth-order valence-electron chi connectivity index (χ4n) is 8.30. The highest BCUT2D eigenvalue weighted by atomic mass is 32.1. The van der Waals surface area contributed by atoms with E-state index in [-0.39, 0.29) is 0 Å². The highest BCUT2D eigenvalue weighted by Crippen LogP contribution is 2.45. The average molecular weight is 808 g/mol. The fourth-order valence-corrected chi connectivity index (χ4v) is 12.8. The maximum absolute atomic E-state index is 5.12. The predicted molar refractivity (Wildman–Crippen MR) is 248 cm³/mol. The van der Waals surface area contributed by atoms with E-state index in [0.29, 0.717) is 0 Å². The van der Waals surface area contributed by atoms with Gasteiger partial charge < -0.3 is 4.57 Å². The summed E-state index contributed by atoms with van der Waals surface area (Å²) in [5, 5.41) is 4.93. The number of aromatic nitrogens is 3. The van der Waals surface area contributed by atoms with Gasteiger partial charge in [0.25, 0.3) is 0 Å². The molecule has 0 N–H and O–H groups in total. The Balaban J connectivity index is 0.928. The second kappa shape index (κ2) is 19.5. The van der Waals surface area contributed by atoms with Crippen molar-refractivity contribution in [3.05, 3.63) is 70.1 Å².